The van der Waals surface area contributed by atoms with Crippen LogP contribution in [0.3, 0.4) is 0 Å². The molecule has 0 saturated heterocycles. The number of rotatable bonds is 2. The van der Waals surface area contributed by atoms with E-state index in [2.05, 4.69) is 41.3 Å². The fraction of sp³-hybridized carbons (Fsp3) is 0.312. The highest BCUT2D eigenvalue weighted by Crippen LogP contribution is 2.32. The molecule has 3 heteroatoms. The number of pyridine rings is 1. The summed E-state index contributed by atoms with van der Waals surface area (Å²) in [5, 5.41) is 0. The molecule has 0 saturated carbocycles. The van der Waals surface area contributed by atoms with E-state index in [0.29, 0.717) is 5.88 Å². The fourth-order valence-corrected chi connectivity index (χ4v) is 2.92. The Morgan fingerprint density at radius 2 is 2.05 bits per heavy atom. The summed E-state index contributed by atoms with van der Waals surface area (Å²) in [4.78, 5) is 7.02. The van der Waals surface area contributed by atoms with Crippen molar-refractivity contribution < 1.29 is 0 Å². The molecule has 1 aromatic carbocycles. The van der Waals surface area contributed by atoms with Gasteiger partial charge in [-0.05, 0) is 43.0 Å². The topological polar surface area (TPSA) is 16.1 Å². The van der Waals surface area contributed by atoms with Gasteiger partial charge < -0.3 is 4.90 Å². The fourth-order valence-electron chi connectivity index (χ4n) is 2.64. The first kappa shape index (κ1) is 12.5. The molecule has 0 fully saturated rings. The normalized spacial score (nSPS) is 14.3. The second-order valence-corrected chi connectivity index (χ2v) is 5.20. The molecule has 19 heavy (non-hydrogen) atoms. The first-order valence-corrected chi connectivity index (χ1v) is 7.21. The van der Waals surface area contributed by atoms with Crippen molar-refractivity contribution in [2.45, 2.75) is 25.6 Å². The van der Waals surface area contributed by atoms with Crippen LogP contribution in [0.4, 0.5) is 11.5 Å². The van der Waals surface area contributed by atoms with E-state index in [9.17, 15) is 0 Å². The van der Waals surface area contributed by atoms with Crippen molar-refractivity contribution >= 4 is 23.1 Å². The molecule has 98 valence electrons. The van der Waals surface area contributed by atoms with E-state index in [1.165, 1.54) is 17.7 Å². The Hall–Kier alpha value is -1.54. The Morgan fingerprint density at radius 1 is 1.21 bits per heavy atom. The van der Waals surface area contributed by atoms with Gasteiger partial charge in [0.1, 0.15) is 5.82 Å². The number of nitrogens with zero attached hydrogens (tertiary/aromatic N) is 2. The van der Waals surface area contributed by atoms with Crippen LogP contribution in [0.1, 0.15) is 23.2 Å². The average molecular weight is 273 g/mol. The lowest BCUT2D eigenvalue weighted by molar-refractivity contribution is 0.758. The molecule has 0 spiro atoms. The van der Waals surface area contributed by atoms with Gasteiger partial charge in [-0.1, -0.05) is 24.3 Å². The van der Waals surface area contributed by atoms with E-state index < -0.39 is 0 Å². The van der Waals surface area contributed by atoms with Crippen LogP contribution >= 0.6 is 11.6 Å². The zero-order valence-electron chi connectivity index (χ0n) is 11.1. The minimum Gasteiger partial charge on any atom is -0.326 e. The number of benzene rings is 1. The molecule has 0 atom stereocenters. The van der Waals surface area contributed by atoms with Gasteiger partial charge in [0.25, 0.3) is 0 Å². The van der Waals surface area contributed by atoms with Gasteiger partial charge in [-0.15, -0.1) is 11.6 Å². The summed E-state index contributed by atoms with van der Waals surface area (Å²) in [7, 11) is 0. The summed E-state index contributed by atoms with van der Waals surface area (Å²) in [5.74, 6) is 1.55. The third-order valence-corrected chi connectivity index (χ3v) is 4.00. The number of fused-ring (bicyclic) bond motifs is 1. The maximum atomic E-state index is 5.90. The van der Waals surface area contributed by atoms with Gasteiger partial charge in [0.05, 0.1) is 0 Å². The molecule has 0 radical (unpaired) electrons. The number of halogens is 1. The highest BCUT2D eigenvalue weighted by molar-refractivity contribution is 6.17. The van der Waals surface area contributed by atoms with Crippen LogP contribution in [0.2, 0.25) is 0 Å². The third kappa shape index (κ3) is 2.33. The molecule has 1 aliphatic heterocycles. The van der Waals surface area contributed by atoms with Crippen molar-refractivity contribution in [3.63, 3.8) is 0 Å². The molecule has 1 aromatic heterocycles. The van der Waals surface area contributed by atoms with Gasteiger partial charge in [-0.2, -0.15) is 0 Å². The number of alkyl halides is 1. The summed E-state index contributed by atoms with van der Waals surface area (Å²) >= 11 is 5.90. The van der Waals surface area contributed by atoms with E-state index in [1.807, 2.05) is 6.92 Å². The van der Waals surface area contributed by atoms with Crippen LogP contribution in [0, 0.1) is 6.92 Å². The van der Waals surface area contributed by atoms with Crippen molar-refractivity contribution in [3.8, 4) is 0 Å². The Kier molecular flexibility index (Phi) is 3.43. The highest BCUT2D eigenvalue weighted by atomic mass is 35.5. The van der Waals surface area contributed by atoms with E-state index in [4.69, 9.17) is 16.6 Å². The smallest absolute Gasteiger partial charge is 0.133 e. The van der Waals surface area contributed by atoms with Crippen LogP contribution in [-0.4, -0.2) is 11.5 Å². The first-order valence-electron chi connectivity index (χ1n) is 6.67. The maximum Gasteiger partial charge on any atom is 0.133 e. The zero-order chi connectivity index (χ0) is 13.2. The monoisotopic (exact) mass is 272 g/mol. The Morgan fingerprint density at radius 3 is 2.84 bits per heavy atom. The van der Waals surface area contributed by atoms with Crippen molar-refractivity contribution in [1.29, 1.82) is 0 Å². The molecule has 0 aliphatic carbocycles. The second kappa shape index (κ2) is 5.22. The highest BCUT2D eigenvalue weighted by Gasteiger charge is 2.18. The molecule has 3 rings (SSSR count). The van der Waals surface area contributed by atoms with Crippen LogP contribution < -0.4 is 4.90 Å². The second-order valence-electron chi connectivity index (χ2n) is 4.93. The summed E-state index contributed by atoms with van der Waals surface area (Å²) in [6, 6.07) is 12.8. The summed E-state index contributed by atoms with van der Waals surface area (Å²) < 4.78 is 0. The number of hydrogen-bond acceptors (Lipinski definition) is 2. The number of para-hydroxylation sites is 1. The third-order valence-electron chi connectivity index (χ3n) is 3.71. The van der Waals surface area contributed by atoms with Crippen molar-refractivity contribution in [2.75, 3.05) is 11.4 Å². The largest absolute Gasteiger partial charge is 0.326 e. The molecule has 0 N–H and O–H groups in total. The van der Waals surface area contributed by atoms with Gasteiger partial charge in [-0.3, -0.25) is 0 Å². The molecule has 1 aliphatic rings. The van der Waals surface area contributed by atoms with Crippen molar-refractivity contribution in [3.05, 3.63) is 53.2 Å². The summed E-state index contributed by atoms with van der Waals surface area (Å²) in [5.41, 5.74) is 4.83. The van der Waals surface area contributed by atoms with Crippen LogP contribution in [0.5, 0.6) is 0 Å². The predicted octanol–water partition coefficient (Wildman–Crippen LogP) is 4.21. The van der Waals surface area contributed by atoms with Gasteiger partial charge in [-0.25, -0.2) is 4.98 Å². The molecule has 2 heterocycles. The first-order chi connectivity index (χ1) is 9.29. The van der Waals surface area contributed by atoms with E-state index >= 15 is 0 Å². The van der Waals surface area contributed by atoms with Gasteiger partial charge in [0.15, 0.2) is 0 Å². The Bertz CT molecular complexity index is 595. The van der Waals surface area contributed by atoms with E-state index in [1.54, 1.807) is 0 Å². The minimum absolute atomic E-state index is 0.524. The van der Waals surface area contributed by atoms with Crippen LogP contribution in [0.25, 0.3) is 0 Å². The number of hydrogen-bond donors (Lipinski definition) is 0. The molecule has 0 unspecified atom stereocenters. The number of aromatic nitrogens is 1. The predicted molar refractivity (Wildman–Crippen MR) is 80.3 cm³/mol. The number of aryl methyl sites for hydroxylation is 2. The lowest BCUT2D eigenvalue weighted by atomic mass is 10.0. The summed E-state index contributed by atoms with van der Waals surface area (Å²) in [6.45, 7) is 3.06. The molecule has 2 nitrogen and oxygen atoms in total. The van der Waals surface area contributed by atoms with Crippen LogP contribution in [-0.2, 0) is 12.3 Å². The summed E-state index contributed by atoms with van der Waals surface area (Å²) in [6.07, 6.45) is 2.33. The average Bonchev–Trinajstić information content (AvgIpc) is 2.46. The van der Waals surface area contributed by atoms with E-state index in [0.717, 1.165) is 30.0 Å². The SMILES string of the molecule is Cc1nc(N2CCCc3ccccc32)ccc1CCl. The minimum atomic E-state index is 0.524. The number of anilines is 2. The van der Waals surface area contributed by atoms with Crippen molar-refractivity contribution in [2.24, 2.45) is 0 Å². The lowest BCUT2D eigenvalue weighted by Gasteiger charge is -2.30. The molecule has 0 amide bonds. The standard InChI is InChI=1S/C16H17ClN2/c1-12-14(11-17)8-9-16(18-12)19-10-4-6-13-5-2-3-7-15(13)19/h2-3,5,7-9H,4,6,10-11H2,1H3. The molecule has 0 bridgehead atoms. The van der Waals surface area contributed by atoms with Crippen LogP contribution in [0.15, 0.2) is 36.4 Å². The Labute approximate surface area is 119 Å². The molecular weight excluding hydrogens is 256 g/mol. The van der Waals surface area contributed by atoms with E-state index in [-0.39, 0.29) is 0 Å². The maximum absolute atomic E-state index is 5.90. The Balaban J connectivity index is 2.02. The van der Waals surface area contributed by atoms with Crippen molar-refractivity contribution in [1.82, 2.24) is 4.98 Å². The lowest BCUT2D eigenvalue weighted by Crippen LogP contribution is -2.25. The van der Waals surface area contributed by atoms with Gasteiger partial charge >= 0.3 is 0 Å². The quantitative estimate of drug-likeness (QED) is 0.761. The van der Waals surface area contributed by atoms with Gasteiger partial charge in [0, 0.05) is 23.8 Å². The zero-order valence-corrected chi connectivity index (χ0v) is 11.8. The molecular formula is C16H17ClN2. The molecule has 2 aromatic rings. The van der Waals surface area contributed by atoms with Gasteiger partial charge in [0.2, 0.25) is 0 Å².